The maximum Gasteiger partial charge on any atom is 0.326 e. The summed E-state index contributed by atoms with van der Waals surface area (Å²) in [6.07, 6.45) is 3.09. The van der Waals surface area contributed by atoms with Crippen LogP contribution in [0.3, 0.4) is 0 Å². The average Bonchev–Trinajstić information content (AvgIpc) is 3.56. The number of nitrogens with one attached hydrogen (secondary N) is 2. The van der Waals surface area contributed by atoms with E-state index in [4.69, 9.17) is 15.4 Å². The molecule has 3 aromatic rings. The van der Waals surface area contributed by atoms with Gasteiger partial charge in [0.2, 0.25) is 5.89 Å². The van der Waals surface area contributed by atoms with Crippen LogP contribution in [0.5, 0.6) is 0 Å². The Morgan fingerprint density at radius 2 is 2.09 bits per heavy atom. The number of aromatic amines is 1. The van der Waals surface area contributed by atoms with Gasteiger partial charge in [-0.25, -0.2) is 9.59 Å². The summed E-state index contributed by atoms with van der Waals surface area (Å²) in [7, 11) is 0. The second-order valence-corrected chi connectivity index (χ2v) is 8.29. The standard InChI is InChI=1S/C22H26N6O6/c23-14(7-8-18(29)30)19-26-20(34-27-19)16(10-12-11-24-15-5-2-1-4-13(12)15)25-22(33)28-9-3-6-17(28)21(31)32/h1-2,4-5,11,14,16-17,24H,3,6-10,23H2,(H,25,33)(H,29,30)(H,31,32)/t14-,16-,17?/m0/s1. The first-order chi connectivity index (χ1) is 16.3. The Labute approximate surface area is 194 Å². The molecular formula is C22H26N6O6. The number of hydrogen-bond acceptors (Lipinski definition) is 7. The molecule has 34 heavy (non-hydrogen) atoms. The first-order valence-corrected chi connectivity index (χ1v) is 11.0. The molecule has 0 bridgehead atoms. The molecule has 2 amide bonds. The van der Waals surface area contributed by atoms with Crippen molar-refractivity contribution in [2.24, 2.45) is 5.73 Å². The van der Waals surface area contributed by atoms with Crippen molar-refractivity contribution in [2.75, 3.05) is 6.54 Å². The lowest BCUT2D eigenvalue weighted by Gasteiger charge is -2.24. The fourth-order valence-corrected chi connectivity index (χ4v) is 4.17. The number of aliphatic carboxylic acids is 2. The first-order valence-electron chi connectivity index (χ1n) is 11.0. The molecule has 1 aliphatic rings. The van der Waals surface area contributed by atoms with Crippen LogP contribution in [-0.2, 0) is 16.0 Å². The summed E-state index contributed by atoms with van der Waals surface area (Å²) < 4.78 is 5.41. The predicted molar refractivity (Wildman–Crippen MR) is 119 cm³/mol. The second kappa shape index (κ2) is 9.91. The Morgan fingerprint density at radius 3 is 2.85 bits per heavy atom. The molecule has 1 aliphatic heterocycles. The van der Waals surface area contributed by atoms with Gasteiger partial charge in [-0.2, -0.15) is 4.98 Å². The fourth-order valence-electron chi connectivity index (χ4n) is 4.17. The van der Waals surface area contributed by atoms with Crippen molar-refractivity contribution in [3.63, 3.8) is 0 Å². The van der Waals surface area contributed by atoms with Gasteiger partial charge in [0, 0.05) is 36.5 Å². The number of carboxylic acid groups (broad SMARTS) is 2. The minimum Gasteiger partial charge on any atom is -0.481 e. The van der Waals surface area contributed by atoms with Gasteiger partial charge in [0.05, 0.1) is 6.04 Å². The molecule has 0 radical (unpaired) electrons. The number of amides is 2. The van der Waals surface area contributed by atoms with Crippen molar-refractivity contribution in [3.05, 3.63) is 47.7 Å². The van der Waals surface area contributed by atoms with Crippen LogP contribution in [0.25, 0.3) is 10.9 Å². The zero-order valence-corrected chi connectivity index (χ0v) is 18.3. The van der Waals surface area contributed by atoms with Crippen LogP contribution in [0.4, 0.5) is 4.79 Å². The van der Waals surface area contributed by atoms with Gasteiger partial charge in [-0.15, -0.1) is 0 Å². The normalized spacial score (nSPS) is 17.6. The van der Waals surface area contributed by atoms with Gasteiger partial charge in [-0.3, -0.25) is 4.79 Å². The number of nitrogens with zero attached hydrogens (tertiary/aromatic N) is 3. The molecule has 3 atom stereocenters. The fraction of sp³-hybridized carbons (Fsp3) is 0.409. The van der Waals surface area contributed by atoms with Crippen LogP contribution in [0, 0.1) is 0 Å². The minimum atomic E-state index is -1.05. The number of likely N-dealkylation sites (tertiary alicyclic amines) is 1. The van der Waals surface area contributed by atoms with Crippen molar-refractivity contribution in [3.8, 4) is 0 Å². The lowest BCUT2D eigenvalue weighted by Crippen LogP contribution is -2.47. The van der Waals surface area contributed by atoms with Crippen molar-refractivity contribution >= 4 is 28.9 Å². The minimum absolute atomic E-state index is 0.102. The summed E-state index contributed by atoms with van der Waals surface area (Å²) in [5.74, 6) is -1.79. The molecule has 12 heteroatoms. The van der Waals surface area contributed by atoms with Gasteiger partial charge in [0.15, 0.2) is 5.82 Å². The molecular weight excluding hydrogens is 444 g/mol. The maximum atomic E-state index is 13.0. The van der Waals surface area contributed by atoms with Gasteiger partial charge in [-0.1, -0.05) is 23.4 Å². The number of carbonyl (C=O) groups excluding carboxylic acids is 1. The number of rotatable bonds is 9. The molecule has 4 rings (SSSR count). The molecule has 0 aliphatic carbocycles. The van der Waals surface area contributed by atoms with E-state index in [9.17, 15) is 19.5 Å². The van der Waals surface area contributed by atoms with Crippen LogP contribution in [-0.4, -0.2) is 60.8 Å². The smallest absolute Gasteiger partial charge is 0.326 e. The highest BCUT2D eigenvalue weighted by molar-refractivity contribution is 5.84. The van der Waals surface area contributed by atoms with E-state index in [2.05, 4.69) is 20.4 Å². The van der Waals surface area contributed by atoms with Crippen molar-refractivity contribution < 1.29 is 29.1 Å². The average molecular weight is 470 g/mol. The molecule has 180 valence electrons. The molecule has 1 saturated heterocycles. The molecule has 0 spiro atoms. The number of nitrogens with two attached hydrogens (primary N) is 1. The third kappa shape index (κ3) is 5.01. The third-order valence-corrected chi connectivity index (χ3v) is 5.95. The van der Waals surface area contributed by atoms with Gasteiger partial charge in [-0.05, 0) is 30.9 Å². The van der Waals surface area contributed by atoms with E-state index in [0.29, 0.717) is 25.8 Å². The predicted octanol–water partition coefficient (Wildman–Crippen LogP) is 1.96. The Kier molecular flexibility index (Phi) is 6.77. The van der Waals surface area contributed by atoms with Crippen LogP contribution in [0.15, 0.2) is 35.0 Å². The zero-order valence-electron chi connectivity index (χ0n) is 18.3. The molecule has 3 heterocycles. The van der Waals surface area contributed by atoms with E-state index >= 15 is 0 Å². The first kappa shape index (κ1) is 23.2. The SMILES string of the molecule is N[C@@H](CCC(=O)O)c1noc([C@H](Cc2c[nH]c3ccccc23)NC(=O)N2CCCC2C(=O)O)n1. The quantitative estimate of drug-likeness (QED) is 0.311. The number of hydrogen-bond donors (Lipinski definition) is 5. The largest absolute Gasteiger partial charge is 0.481 e. The van der Waals surface area contributed by atoms with Gasteiger partial charge < -0.3 is 35.7 Å². The van der Waals surface area contributed by atoms with E-state index in [1.54, 1.807) is 0 Å². The topological polar surface area (TPSA) is 188 Å². The summed E-state index contributed by atoms with van der Waals surface area (Å²) in [5.41, 5.74) is 7.83. The number of carboxylic acids is 2. The van der Waals surface area contributed by atoms with Crippen molar-refractivity contribution in [1.82, 2.24) is 25.3 Å². The zero-order chi connectivity index (χ0) is 24.2. The second-order valence-electron chi connectivity index (χ2n) is 8.29. The number of H-pyrrole nitrogens is 1. The number of aromatic nitrogens is 3. The number of urea groups is 1. The van der Waals surface area contributed by atoms with E-state index in [-0.39, 0.29) is 24.6 Å². The molecule has 1 aromatic carbocycles. The van der Waals surface area contributed by atoms with Crippen LogP contribution < -0.4 is 11.1 Å². The van der Waals surface area contributed by atoms with Crippen molar-refractivity contribution in [1.29, 1.82) is 0 Å². The number of benzene rings is 1. The lowest BCUT2D eigenvalue weighted by atomic mass is 10.0. The van der Waals surface area contributed by atoms with Crippen LogP contribution in [0.1, 0.15) is 55.0 Å². The van der Waals surface area contributed by atoms with E-state index in [1.807, 2.05) is 30.5 Å². The highest BCUT2D eigenvalue weighted by atomic mass is 16.5. The third-order valence-electron chi connectivity index (χ3n) is 5.95. The number of para-hydroxylation sites is 1. The summed E-state index contributed by atoms with van der Waals surface area (Å²) in [6.45, 7) is 0.331. The number of fused-ring (bicyclic) bond motifs is 1. The van der Waals surface area contributed by atoms with E-state index in [0.717, 1.165) is 16.5 Å². The Hall–Kier alpha value is -3.93. The van der Waals surface area contributed by atoms with Crippen LogP contribution >= 0.6 is 0 Å². The molecule has 0 saturated carbocycles. The molecule has 2 aromatic heterocycles. The number of carbonyl (C=O) groups is 3. The van der Waals surface area contributed by atoms with Gasteiger partial charge in [0.1, 0.15) is 12.1 Å². The molecule has 1 fully saturated rings. The van der Waals surface area contributed by atoms with E-state index < -0.39 is 36.1 Å². The molecule has 1 unspecified atom stereocenters. The van der Waals surface area contributed by atoms with Gasteiger partial charge >= 0.3 is 18.0 Å². The summed E-state index contributed by atoms with van der Waals surface area (Å²) >= 11 is 0. The van der Waals surface area contributed by atoms with Gasteiger partial charge in [0.25, 0.3) is 0 Å². The Morgan fingerprint density at radius 1 is 1.29 bits per heavy atom. The summed E-state index contributed by atoms with van der Waals surface area (Å²) in [6, 6.07) is 4.76. The Balaban J connectivity index is 1.58. The monoisotopic (exact) mass is 470 g/mol. The molecule has 6 N–H and O–H groups in total. The van der Waals surface area contributed by atoms with Crippen LogP contribution in [0.2, 0.25) is 0 Å². The molecule has 12 nitrogen and oxygen atoms in total. The maximum absolute atomic E-state index is 13.0. The Bertz CT molecular complexity index is 1190. The van der Waals surface area contributed by atoms with Crippen molar-refractivity contribution in [2.45, 2.75) is 50.2 Å². The lowest BCUT2D eigenvalue weighted by molar-refractivity contribution is -0.141. The summed E-state index contributed by atoms with van der Waals surface area (Å²) in [5, 5.41) is 26.0. The highest BCUT2D eigenvalue weighted by Gasteiger charge is 2.36. The van der Waals surface area contributed by atoms with E-state index in [1.165, 1.54) is 4.90 Å². The highest BCUT2D eigenvalue weighted by Crippen LogP contribution is 2.26. The summed E-state index contributed by atoms with van der Waals surface area (Å²) in [4.78, 5) is 44.2.